The molecule has 6 heteroatoms. The van der Waals surface area contributed by atoms with Crippen LogP contribution >= 0.6 is 11.8 Å². The van der Waals surface area contributed by atoms with Crippen LogP contribution in [0.1, 0.15) is 37.8 Å². The Morgan fingerprint density at radius 1 is 0.909 bits per heavy atom. The summed E-state index contributed by atoms with van der Waals surface area (Å²) in [6.07, 6.45) is 5.77. The van der Waals surface area contributed by atoms with Crippen molar-refractivity contribution >= 4 is 29.8 Å². The van der Waals surface area contributed by atoms with Crippen LogP contribution in [-0.2, 0) is 19.1 Å². The number of carbonyl (C=O) groups is 2. The van der Waals surface area contributed by atoms with Gasteiger partial charge in [0.15, 0.2) is 0 Å². The van der Waals surface area contributed by atoms with Crippen molar-refractivity contribution in [3.63, 3.8) is 0 Å². The van der Waals surface area contributed by atoms with Gasteiger partial charge in [-0.05, 0) is 50.3 Å². The fourth-order valence-corrected chi connectivity index (χ4v) is 4.50. The SMILES string of the molecule is CCOC(=O)C1=C(C)NC(/C=C/c2ccccc2)=C(C(=O)OCC)C1c1ccccc1SC. The molecule has 2 aromatic carbocycles. The maximum Gasteiger partial charge on any atom is 0.337 e. The van der Waals surface area contributed by atoms with E-state index < -0.39 is 17.9 Å². The zero-order valence-corrected chi connectivity index (χ0v) is 20.2. The zero-order valence-electron chi connectivity index (χ0n) is 19.4. The van der Waals surface area contributed by atoms with E-state index in [1.54, 1.807) is 25.6 Å². The molecule has 2 aromatic rings. The summed E-state index contributed by atoms with van der Waals surface area (Å²) in [6.45, 7) is 5.84. The van der Waals surface area contributed by atoms with Crippen LogP contribution < -0.4 is 5.32 Å². The Morgan fingerprint density at radius 2 is 1.52 bits per heavy atom. The first-order valence-electron chi connectivity index (χ1n) is 10.9. The molecule has 5 nitrogen and oxygen atoms in total. The summed E-state index contributed by atoms with van der Waals surface area (Å²) < 4.78 is 10.9. The van der Waals surface area contributed by atoms with Gasteiger partial charge < -0.3 is 14.8 Å². The molecule has 33 heavy (non-hydrogen) atoms. The van der Waals surface area contributed by atoms with E-state index in [4.69, 9.17) is 9.47 Å². The van der Waals surface area contributed by atoms with E-state index in [1.807, 2.05) is 79.9 Å². The molecule has 0 aliphatic carbocycles. The van der Waals surface area contributed by atoms with Crippen LogP contribution in [0.4, 0.5) is 0 Å². The first-order valence-corrected chi connectivity index (χ1v) is 12.2. The Morgan fingerprint density at radius 3 is 2.15 bits per heavy atom. The zero-order chi connectivity index (χ0) is 23.8. The van der Waals surface area contributed by atoms with Crippen molar-refractivity contribution in [3.8, 4) is 0 Å². The Bertz CT molecular complexity index is 1100. The molecule has 0 spiro atoms. The molecule has 1 aliphatic heterocycles. The molecule has 172 valence electrons. The molecule has 0 saturated carbocycles. The van der Waals surface area contributed by atoms with Crippen molar-refractivity contribution in [2.24, 2.45) is 0 Å². The predicted octanol–water partition coefficient (Wildman–Crippen LogP) is 5.46. The predicted molar refractivity (Wildman–Crippen MR) is 133 cm³/mol. The number of ether oxygens (including phenoxy) is 2. The summed E-state index contributed by atoms with van der Waals surface area (Å²) in [7, 11) is 0. The van der Waals surface area contributed by atoms with Gasteiger partial charge in [-0.15, -0.1) is 11.8 Å². The van der Waals surface area contributed by atoms with E-state index in [2.05, 4.69) is 5.32 Å². The summed E-state index contributed by atoms with van der Waals surface area (Å²) in [5.41, 5.74) is 3.91. The van der Waals surface area contributed by atoms with Crippen molar-refractivity contribution in [1.29, 1.82) is 0 Å². The second kappa shape index (κ2) is 11.6. The molecule has 3 rings (SSSR count). The quantitative estimate of drug-likeness (QED) is 0.414. The number of nitrogens with one attached hydrogen (secondary N) is 1. The number of benzene rings is 2. The first kappa shape index (κ1) is 24.4. The van der Waals surface area contributed by atoms with E-state index in [0.29, 0.717) is 22.5 Å². The maximum absolute atomic E-state index is 13.3. The van der Waals surface area contributed by atoms with Gasteiger partial charge in [-0.2, -0.15) is 0 Å². The maximum atomic E-state index is 13.3. The number of hydrogen-bond donors (Lipinski definition) is 1. The molecular weight excluding hydrogens is 434 g/mol. The first-order chi connectivity index (χ1) is 16.0. The van der Waals surface area contributed by atoms with Gasteiger partial charge in [0.25, 0.3) is 0 Å². The number of carbonyl (C=O) groups excluding carboxylic acids is 2. The summed E-state index contributed by atoms with van der Waals surface area (Å²) in [6, 6.07) is 17.6. The molecule has 1 atom stereocenters. The van der Waals surface area contributed by atoms with Crippen molar-refractivity contribution in [2.45, 2.75) is 31.6 Å². The van der Waals surface area contributed by atoms with Gasteiger partial charge in [0.1, 0.15) is 0 Å². The number of hydrogen-bond acceptors (Lipinski definition) is 6. The molecule has 0 radical (unpaired) electrons. The molecule has 0 saturated heterocycles. The molecular formula is C27H29NO4S. The fraction of sp³-hybridized carbons (Fsp3) is 0.259. The summed E-state index contributed by atoms with van der Waals surface area (Å²) in [4.78, 5) is 27.4. The lowest BCUT2D eigenvalue weighted by molar-refractivity contribution is -0.139. The summed E-state index contributed by atoms with van der Waals surface area (Å²) in [5.74, 6) is -1.53. The Hall–Kier alpha value is -3.25. The van der Waals surface area contributed by atoms with Gasteiger partial charge in [-0.1, -0.05) is 54.6 Å². The number of dihydropyridines is 1. The lowest BCUT2D eigenvalue weighted by Gasteiger charge is -2.31. The fourth-order valence-electron chi connectivity index (χ4n) is 3.86. The highest BCUT2D eigenvalue weighted by molar-refractivity contribution is 7.98. The average Bonchev–Trinajstić information content (AvgIpc) is 2.83. The molecule has 0 amide bonds. The molecule has 1 N–H and O–H groups in total. The number of rotatable bonds is 8. The van der Waals surface area contributed by atoms with Crippen molar-refractivity contribution in [1.82, 2.24) is 5.32 Å². The minimum absolute atomic E-state index is 0.229. The minimum Gasteiger partial charge on any atom is -0.463 e. The smallest absolute Gasteiger partial charge is 0.337 e. The van der Waals surface area contributed by atoms with Crippen LogP contribution in [0.3, 0.4) is 0 Å². The standard InChI is InChI=1S/C27H29NO4S/c1-5-31-26(29)23-18(3)28-21(17-16-19-12-8-7-9-13-19)25(27(30)32-6-2)24(23)20-14-10-11-15-22(20)33-4/h7-17,24,28H,5-6H2,1-4H3/b17-16+. The van der Waals surface area contributed by atoms with Crippen molar-refractivity contribution in [3.05, 3.63) is 94.3 Å². The van der Waals surface area contributed by atoms with E-state index in [0.717, 1.165) is 16.0 Å². The van der Waals surface area contributed by atoms with Crippen molar-refractivity contribution < 1.29 is 19.1 Å². The molecule has 1 unspecified atom stereocenters. The average molecular weight is 464 g/mol. The lowest BCUT2D eigenvalue weighted by atomic mass is 9.80. The summed E-state index contributed by atoms with van der Waals surface area (Å²) >= 11 is 1.57. The van der Waals surface area contributed by atoms with E-state index in [-0.39, 0.29) is 13.2 Å². The third kappa shape index (κ3) is 5.57. The molecule has 0 bridgehead atoms. The summed E-state index contributed by atoms with van der Waals surface area (Å²) in [5, 5.41) is 3.27. The van der Waals surface area contributed by atoms with E-state index >= 15 is 0 Å². The Kier molecular flexibility index (Phi) is 8.55. The monoisotopic (exact) mass is 463 g/mol. The van der Waals surface area contributed by atoms with Crippen LogP contribution in [0.25, 0.3) is 6.08 Å². The van der Waals surface area contributed by atoms with E-state index in [1.165, 1.54) is 0 Å². The molecule has 1 aliphatic rings. The number of thioether (sulfide) groups is 1. The highest BCUT2D eigenvalue weighted by Gasteiger charge is 2.39. The highest BCUT2D eigenvalue weighted by Crippen LogP contribution is 2.42. The largest absolute Gasteiger partial charge is 0.463 e. The van der Waals surface area contributed by atoms with Crippen LogP contribution in [0.15, 0.2) is 88.1 Å². The van der Waals surface area contributed by atoms with E-state index in [9.17, 15) is 9.59 Å². The van der Waals surface area contributed by atoms with Gasteiger partial charge in [-0.3, -0.25) is 0 Å². The highest BCUT2D eigenvalue weighted by atomic mass is 32.2. The second-order valence-corrected chi connectivity index (χ2v) is 8.20. The van der Waals surface area contributed by atoms with Crippen LogP contribution in [0, 0.1) is 0 Å². The number of esters is 2. The van der Waals surface area contributed by atoms with Gasteiger partial charge >= 0.3 is 11.9 Å². The van der Waals surface area contributed by atoms with Gasteiger partial charge in [0, 0.05) is 16.3 Å². The number of allylic oxidation sites excluding steroid dienone is 2. The lowest BCUT2D eigenvalue weighted by Crippen LogP contribution is -2.33. The van der Waals surface area contributed by atoms with Crippen LogP contribution in [-0.4, -0.2) is 31.4 Å². The second-order valence-electron chi connectivity index (χ2n) is 7.35. The molecule has 0 aromatic heterocycles. The van der Waals surface area contributed by atoms with Crippen LogP contribution in [0.5, 0.6) is 0 Å². The Balaban J connectivity index is 2.25. The normalized spacial score (nSPS) is 16.1. The van der Waals surface area contributed by atoms with Gasteiger partial charge in [0.2, 0.25) is 0 Å². The Labute approximate surface area is 199 Å². The van der Waals surface area contributed by atoms with Gasteiger partial charge in [-0.25, -0.2) is 9.59 Å². The third-order valence-corrected chi connectivity index (χ3v) is 6.09. The van der Waals surface area contributed by atoms with Crippen molar-refractivity contribution in [2.75, 3.05) is 19.5 Å². The topological polar surface area (TPSA) is 64.6 Å². The van der Waals surface area contributed by atoms with Crippen LogP contribution in [0.2, 0.25) is 0 Å². The third-order valence-electron chi connectivity index (χ3n) is 5.28. The van der Waals surface area contributed by atoms with Gasteiger partial charge in [0.05, 0.1) is 30.3 Å². The molecule has 1 heterocycles. The molecule has 0 fully saturated rings. The minimum atomic E-state index is -0.622.